The highest BCUT2D eigenvalue weighted by atomic mass is 35.5. The Morgan fingerprint density at radius 1 is 1.12 bits per heavy atom. The number of pyridine rings is 1. The van der Waals surface area contributed by atoms with Crippen LogP contribution in [0.4, 0.5) is 0 Å². The van der Waals surface area contributed by atoms with Crippen LogP contribution < -0.4 is 9.47 Å². The van der Waals surface area contributed by atoms with Gasteiger partial charge in [0.05, 0.1) is 11.6 Å². The topological polar surface area (TPSA) is 57.7 Å². The molecular weight excluding hydrogens is 365 g/mol. The highest BCUT2D eigenvalue weighted by Gasteiger charge is 2.17. The average molecular weight is 384 g/mol. The summed E-state index contributed by atoms with van der Waals surface area (Å²) in [6.45, 7) is 5.96. The first-order valence-electron chi connectivity index (χ1n) is 7.77. The van der Waals surface area contributed by atoms with Crippen molar-refractivity contribution in [3.63, 3.8) is 0 Å². The molecule has 1 aromatic heterocycles. The predicted molar refractivity (Wildman–Crippen MR) is 96.7 cm³/mol. The summed E-state index contributed by atoms with van der Waals surface area (Å²) < 4.78 is 16.3. The molecule has 0 spiro atoms. The van der Waals surface area contributed by atoms with Crippen molar-refractivity contribution in [2.45, 2.75) is 26.9 Å². The first-order valence-corrected chi connectivity index (χ1v) is 8.53. The lowest BCUT2D eigenvalue weighted by Gasteiger charge is -2.15. The normalized spacial score (nSPS) is 11.9. The molecule has 0 aliphatic carbocycles. The van der Waals surface area contributed by atoms with Crippen molar-refractivity contribution < 1.29 is 19.0 Å². The van der Waals surface area contributed by atoms with Gasteiger partial charge in [-0.05, 0) is 43.2 Å². The van der Waals surface area contributed by atoms with Gasteiger partial charge in [-0.15, -0.1) is 0 Å². The summed E-state index contributed by atoms with van der Waals surface area (Å²) in [6, 6.07) is 8.30. The number of nitrogens with zero attached hydrogens (tertiary/aromatic N) is 1. The molecule has 0 radical (unpaired) electrons. The van der Waals surface area contributed by atoms with E-state index in [1.807, 2.05) is 13.8 Å². The third-order valence-electron chi connectivity index (χ3n) is 3.02. The smallest absolute Gasteiger partial charge is 0.347 e. The third kappa shape index (κ3) is 6.11. The maximum atomic E-state index is 11.8. The van der Waals surface area contributed by atoms with E-state index in [4.69, 9.17) is 37.4 Å². The van der Waals surface area contributed by atoms with E-state index in [0.29, 0.717) is 28.2 Å². The number of hydrogen-bond acceptors (Lipinski definition) is 5. The number of carbonyl (C=O) groups is 1. The summed E-state index contributed by atoms with van der Waals surface area (Å²) in [5.41, 5.74) is 0. The van der Waals surface area contributed by atoms with Crippen LogP contribution >= 0.6 is 23.2 Å². The van der Waals surface area contributed by atoms with Crippen molar-refractivity contribution in [2.24, 2.45) is 5.92 Å². The molecule has 7 heteroatoms. The molecule has 0 fully saturated rings. The van der Waals surface area contributed by atoms with Gasteiger partial charge in [-0.3, -0.25) is 0 Å². The first kappa shape index (κ1) is 19.3. The van der Waals surface area contributed by atoms with Gasteiger partial charge >= 0.3 is 5.97 Å². The van der Waals surface area contributed by atoms with Gasteiger partial charge in [0.2, 0.25) is 5.88 Å². The molecule has 0 unspecified atom stereocenters. The Balaban J connectivity index is 1.94. The molecule has 0 N–H and O–H groups in total. The van der Waals surface area contributed by atoms with Crippen LogP contribution in [0.1, 0.15) is 20.8 Å². The molecule has 0 aliphatic rings. The number of benzene rings is 1. The van der Waals surface area contributed by atoms with E-state index >= 15 is 0 Å². The Bertz CT molecular complexity index is 720. The number of aromatic nitrogens is 1. The molecule has 0 saturated carbocycles. The summed E-state index contributed by atoms with van der Waals surface area (Å²) in [7, 11) is 0. The lowest BCUT2D eigenvalue weighted by Crippen LogP contribution is -2.27. The molecule has 1 heterocycles. The SMILES string of the molecule is CC(C)COC(=O)[C@@H](C)Oc1ccc(Oc2ncc(Cl)cc2Cl)cc1. The molecule has 2 rings (SSSR count). The van der Waals surface area contributed by atoms with E-state index in [9.17, 15) is 4.79 Å². The molecule has 0 amide bonds. The van der Waals surface area contributed by atoms with E-state index < -0.39 is 12.1 Å². The Labute approximate surface area is 156 Å². The van der Waals surface area contributed by atoms with Gasteiger partial charge in [0, 0.05) is 6.20 Å². The number of esters is 1. The molecule has 134 valence electrons. The van der Waals surface area contributed by atoms with Crippen LogP contribution in [0.25, 0.3) is 0 Å². The molecule has 0 bridgehead atoms. The standard InChI is InChI=1S/C18H19Cl2NO4/c1-11(2)10-23-18(22)12(3)24-14-4-6-15(7-5-14)25-17-16(20)8-13(19)9-21-17/h4-9,11-12H,10H2,1-3H3/t12-/m1/s1. The Morgan fingerprint density at radius 2 is 1.76 bits per heavy atom. The summed E-state index contributed by atoms with van der Waals surface area (Å²) in [5.74, 6) is 1.19. The van der Waals surface area contributed by atoms with E-state index in [0.717, 1.165) is 0 Å². The van der Waals surface area contributed by atoms with Crippen molar-refractivity contribution >= 4 is 29.2 Å². The fourth-order valence-corrected chi connectivity index (χ4v) is 2.21. The second kappa shape index (κ2) is 8.92. The number of carbonyl (C=O) groups excluding carboxylic acids is 1. The van der Waals surface area contributed by atoms with E-state index in [2.05, 4.69) is 4.98 Å². The maximum absolute atomic E-state index is 11.8. The van der Waals surface area contributed by atoms with Crippen LogP contribution in [-0.4, -0.2) is 23.7 Å². The largest absolute Gasteiger partial charge is 0.479 e. The monoisotopic (exact) mass is 383 g/mol. The van der Waals surface area contributed by atoms with Crippen molar-refractivity contribution in [1.29, 1.82) is 0 Å². The van der Waals surface area contributed by atoms with Crippen LogP contribution in [-0.2, 0) is 9.53 Å². The van der Waals surface area contributed by atoms with Crippen LogP contribution in [0.5, 0.6) is 17.4 Å². The van der Waals surface area contributed by atoms with Crippen LogP contribution in [0.3, 0.4) is 0 Å². The van der Waals surface area contributed by atoms with Gasteiger partial charge in [0.1, 0.15) is 16.5 Å². The van der Waals surface area contributed by atoms with Gasteiger partial charge in [-0.1, -0.05) is 37.0 Å². The third-order valence-corrected chi connectivity index (χ3v) is 3.49. The zero-order valence-corrected chi connectivity index (χ0v) is 15.7. The predicted octanol–water partition coefficient (Wildman–Crippen LogP) is 5.15. The lowest BCUT2D eigenvalue weighted by atomic mass is 10.2. The summed E-state index contributed by atoms with van der Waals surface area (Å²) in [5, 5.41) is 0.744. The highest BCUT2D eigenvalue weighted by Crippen LogP contribution is 2.30. The number of ether oxygens (including phenoxy) is 3. The minimum Gasteiger partial charge on any atom is -0.479 e. The number of halogens is 2. The molecule has 5 nitrogen and oxygen atoms in total. The van der Waals surface area contributed by atoms with Crippen molar-refractivity contribution in [3.05, 3.63) is 46.6 Å². The fourth-order valence-electron chi connectivity index (χ4n) is 1.79. The molecule has 1 aromatic carbocycles. The van der Waals surface area contributed by atoms with Crippen LogP contribution in [0.2, 0.25) is 10.0 Å². The van der Waals surface area contributed by atoms with Gasteiger partial charge in [-0.2, -0.15) is 0 Å². The van der Waals surface area contributed by atoms with Crippen LogP contribution in [0, 0.1) is 5.92 Å². The average Bonchev–Trinajstić information content (AvgIpc) is 2.56. The molecule has 25 heavy (non-hydrogen) atoms. The van der Waals surface area contributed by atoms with Crippen molar-refractivity contribution in [3.8, 4) is 17.4 Å². The van der Waals surface area contributed by atoms with Gasteiger partial charge in [0.25, 0.3) is 0 Å². The summed E-state index contributed by atoms with van der Waals surface area (Å²) >= 11 is 11.8. The van der Waals surface area contributed by atoms with Crippen molar-refractivity contribution in [2.75, 3.05) is 6.61 Å². The molecule has 0 aliphatic heterocycles. The Morgan fingerprint density at radius 3 is 2.36 bits per heavy atom. The zero-order chi connectivity index (χ0) is 18.4. The van der Waals surface area contributed by atoms with E-state index in [-0.39, 0.29) is 11.8 Å². The van der Waals surface area contributed by atoms with Gasteiger partial charge < -0.3 is 14.2 Å². The van der Waals surface area contributed by atoms with Crippen molar-refractivity contribution in [1.82, 2.24) is 4.98 Å². The molecular formula is C18H19Cl2NO4. The summed E-state index contributed by atoms with van der Waals surface area (Å²) in [6.07, 6.45) is 0.753. The quantitative estimate of drug-likeness (QED) is 0.618. The second-order valence-electron chi connectivity index (χ2n) is 5.80. The molecule has 0 saturated heterocycles. The van der Waals surface area contributed by atoms with E-state index in [1.165, 1.54) is 6.20 Å². The lowest BCUT2D eigenvalue weighted by molar-refractivity contribution is -0.152. The Kier molecular flexibility index (Phi) is 6.91. The highest BCUT2D eigenvalue weighted by molar-refractivity contribution is 6.35. The Hall–Kier alpha value is -1.98. The number of rotatable bonds is 7. The summed E-state index contributed by atoms with van der Waals surface area (Å²) in [4.78, 5) is 15.8. The molecule has 2 aromatic rings. The number of hydrogen-bond donors (Lipinski definition) is 0. The first-order chi connectivity index (χ1) is 11.8. The zero-order valence-electron chi connectivity index (χ0n) is 14.2. The minimum absolute atomic E-state index is 0.255. The van der Waals surface area contributed by atoms with Gasteiger partial charge in [-0.25, -0.2) is 9.78 Å². The fraction of sp³-hybridized carbons (Fsp3) is 0.333. The second-order valence-corrected chi connectivity index (χ2v) is 6.64. The van der Waals surface area contributed by atoms with Gasteiger partial charge in [0.15, 0.2) is 6.10 Å². The minimum atomic E-state index is -0.696. The van der Waals surface area contributed by atoms with Crippen LogP contribution in [0.15, 0.2) is 36.5 Å². The maximum Gasteiger partial charge on any atom is 0.347 e. The van der Waals surface area contributed by atoms with E-state index in [1.54, 1.807) is 37.3 Å². The molecule has 1 atom stereocenters.